The van der Waals surface area contributed by atoms with Crippen molar-refractivity contribution >= 4 is 39.3 Å². The van der Waals surface area contributed by atoms with E-state index in [-0.39, 0.29) is 5.82 Å². The van der Waals surface area contributed by atoms with Crippen molar-refractivity contribution in [1.82, 2.24) is 4.98 Å². The van der Waals surface area contributed by atoms with Crippen LogP contribution < -0.4 is 10.2 Å². The molecule has 1 N–H and O–H groups in total. The number of hydrogen-bond donors (Lipinski definition) is 1. The van der Waals surface area contributed by atoms with E-state index in [1.807, 2.05) is 31.2 Å². The zero-order valence-corrected chi connectivity index (χ0v) is 20.8. The molecule has 2 aromatic heterocycles. The predicted molar refractivity (Wildman–Crippen MR) is 148 cm³/mol. The predicted octanol–water partition coefficient (Wildman–Crippen LogP) is 7.66. The molecular formula is C30H26FN3OS. The fourth-order valence-electron chi connectivity index (χ4n) is 4.84. The van der Waals surface area contributed by atoms with Crippen LogP contribution in [0.25, 0.3) is 33.3 Å². The Balaban J connectivity index is 1.53. The van der Waals surface area contributed by atoms with Crippen LogP contribution in [0.4, 0.5) is 21.5 Å². The molecule has 1 fully saturated rings. The van der Waals surface area contributed by atoms with E-state index in [1.54, 1.807) is 23.5 Å². The third-order valence-electron chi connectivity index (χ3n) is 6.73. The number of nitrogens with one attached hydrogen (secondary N) is 1. The molecule has 0 amide bonds. The Morgan fingerprint density at radius 3 is 2.56 bits per heavy atom. The number of ether oxygens (including phenoxy) is 1. The molecule has 0 aliphatic carbocycles. The third kappa shape index (κ3) is 4.23. The summed E-state index contributed by atoms with van der Waals surface area (Å²) in [6.07, 6.45) is 0. The highest BCUT2D eigenvalue weighted by Crippen LogP contribution is 2.40. The average molecular weight is 496 g/mol. The summed E-state index contributed by atoms with van der Waals surface area (Å²) in [7, 11) is 0. The smallest absolute Gasteiger partial charge is 0.132 e. The molecule has 3 aromatic carbocycles. The topological polar surface area (TPSA) is 37.4 Å². The van der Waals surface area contributed by atoms with Crippen molar-refractivity contribution in [1.29, 1.82) is 0 Å². The normalized spacial score (nSPS) is 13.8. The van der Waals surface area contributed by atoms with E-state index in [4.69, 9.17) is 9.72 Å². The number of halogens is 1. The van der Waals surface area contributed by atoms with Crippen molar-refractivity contribution in [2.24, 2.45) is 0 Å². The highest BCUT2D eigenvalue weighted by atomic mass is 32.1. The lowest BCUT2D eigenvalue weighted by Crippen LogP contribution is -2.36. The van der Waals surface area contributed by atoms with Gasteiger partial charge in [0.05, 0.1) is 41.5 Å². The van der Waals surface area contributed by atoms with Crippen LogP contribution in [0.1, 0.15) is 5.56 Å². The third-order valence-corrected chi connectivity index (χ3v) is 7.41. The number of fused-ring (bicyclic) bond motifs is 1. The van der Waals surface area contributed by atoms with Gasteiger partial charge in [-0.25, -0.2) is 9.37 Å². The van der Waals surface area contributed by atoms with Crippen molar-refractivity contribution < 1.29 is 9.13 Å². The lowest BCUT2D eigenvalue weighted by Gasteiger charge is -2.31. The number of aromatic nitrogens is 1. The summed E-state index contributed by atoms with van der Waals surface area (Å²) in [6.45, 7) is 5.10. The molecule has 5 aromatic rings. The molecular weight excluding hydrogens is 469 g/mol. The number of hydrogen-bond acceptors (Lipinski definition) is 5. The highest BCUT2D eigenvalue weighted by Gasteiger charge is 2.20. The van der Waals surface area contributed by atoms with Gasteiger partial charge in [-0.2, -0.15) is 11.3 Å². The van der Waals surface area contributed by atoms with Gasteiger partial charge in [0.25, 0.3) is 0 Å². The summed E-state index contributed by atoms with van der Waals surface area (Å²) in [5.41, 5.74) is 8.32. The summed E-state index contributed by atoms with van der Waals surface area (Å²) in [6, 6.07) is 23.6. The van der Waals surface area contributed by atoms with E-state index in [0.29, 0.717) is 24.5 Å². The van der Waals surface area contributed by atoms with Gasteiger partial charge < -0.3 is 15.0 Å². The van der Waals surface area contributed by atoms with Gasteiger partial charge in [-0.15, -0.1) is 0 Å². The van der Waals surface area contributed by atoms with Crippen LogP contribution in [0, 0.1) is 12.7 Å². The molecule has 1 aliphatic rings. The molecule has 36 heavy (non-hydrogen) atoms. The van der Waals surface area contributed by atoms with Crippen molar-refractivity contribution in [2.45, 2.75) is 6.92 Å². The Morgan fingerprint density at radius 2 is 1.75 bits per heavy atom. The molecule has 1 saturated heterocycles. The Hall–Kier alpha value is -3.74. The minimum absolute atomic E-state index is 0.275. The number of morpholine rings is 1. The molecule has 0 bridgehead atoms. The highest BCUT2D eigenvalue weighted by molar-refractivity contribution is 7.08. The second kappa shape index (κ2) is 9.72. The lowest BCUT2D eigenvalue weighted by atomic mass is 10.0. The van der Waals surface area contributed by atoms with E-state index in [9.17, 15) is 4.39 Å². The van der Waals surface area contributed by atoms with Crippen molar-refractivity contribution in [3.63, 3.8) is 0 Å². The zero-order valence-electron chi connectivity index (χ0n) is 20.0. The zero-order chi connectivity index (χ0) is 24.5. The maximum Gasteiger partial charge on any atom is 0.132 e. The molecule has 0 unspecified atom stereocenters. The van der Waals surface area contributed by atoms with Crippen LogP contribution in [0.15, 0.2) is 83.6 Å². The van der Waals surface area contributed by atoms with Gasteiger partial charge in [-0.3, -0.25) is 0 Å². The van der Waals surface area contributed by atoms with E-state index < -0.39 is 0 Å². The largest absolute Gasteiger partial charge is 0.378 e. The van der Waals surface area contributed by atoms with Crippen LogP contribution in [0.2, 0.25) is 0 Å². The molecule has 0 spiro atoms. The quantitative estimate of drug-likeness (QED) is 0.272. The lowest BCUT2D eigenvalue weighted by molar-refractivity contribution is 0.123. The van der Waals surface area contributed by atoms with Crippen LogP contribution in [-0.2, 0) is 4.74 Å². The second-order valence-corrected chi connectivity index (χ2v) is 9.71. The van der Waals surface area contributed by atoms with Crippen LogP contribution in [0.3, 0.4) is 0 Å². The number of rotatable bonds is 5. The van der Waals surface area contributed by atoms with Crippen molar-refractivity contribution in [2.75, 3.05) is 36.5 Å². The summed E-state index contributed by atoms with van der Waals surface area (Å²) in [5, 5.41) is 9.04. The number of pyridine rings is 1. The minimum Gasteiger partial charge on any atom is -0.378 e. The van der Waals surface area contributed by atoms with Gasteiger partial charge in [-0.05, 0) is 70.8 Å². The molecule has 4 nitrogen and oxygen atoms in total. The number of nitrogens with zero attached hydrogens (tertiary/aromatic N) is 2. The molecule has 6 heteroatoms. The number of thiophene rings is 1. The Labute approximate surface area is 214 Å². The van der Waals surface area contributed by atoms with E-state index in [0.717, 1.165) is 52.2 Å². The van der Waals surface area contributed by atoms with Crippen LogP contribution in [0.5, 0.6) is 0 Å². The van der Waals surface area contributed by atoms with Crippen molar-refractivity contribution in [3.8, 4) is 22.4 Å². The first-order chi connectivity index (χ1) is 17.7. The summed E-state index contributed by atoms with van der Waals surface area (Å²) < 4.78 is 20.5. The monoisotopic (exact) mass is 495 g/mol. The first-order valence-electron chi connectivity index (χ1n) is 12.1. The SMILES string of the molecule is Cc1c(-c2ccccc2F)nc2ccccc2c1Nc1cc(-c2ccsc2)ccc1N1CCOCC1. The first kappa shape index (κ1) is 22.7. The van der Waals surface area contributed by atoms with Gasteiger partial charge in [0.15, 0.2) is 0 Å². The number of para-hydroxylation sites is 1. The Kier molecular flexibility index (Phi) is 6.13. The fourth-order valence-corrected chi connectivity index (χ4v) is 5.51. The van der Waals surface area contributed by atoms with Crippen LogP contribution >= 0.6 is 11.3 Å². The fraction of sp³-hybridized carbons (Fsp3) is 0.167. The second-order valence-electron chi connectivity index (χ2n) is 8.93. The first-order valence-corrected chi connectivity index (χ1v) is 13.0. The van der Waals surface area contributed by atoms with Gasteiger partial charge >= 0.3 is 0 Å². The van der Waals surface area contributed by atoms with E-state index >= 15 is 0 Å². The summed E-state index contributed by atoms with van der Waals surface area (Å²) in [4.78, 5) is 7.23. The molecule has 6 rings (SSSR count). The molecule has 0 atom stereocenters. The summed E-state index contributed by atoms with van der Waals surface area (Å²) in [5.74, 6) is -0.275. The van der Waals surface area contributed by atoms with Crippen molar-refractivity contribution in [3.05, 3.63) is 94.9 Å². The Bertz CT molecular complexity index is 1530. The number of anilines is 3. The molecule has 0 radical (unpaired) electrons. The minimum atomic E-state index is -0.275. The standard InChI is InChI=1S/C30H26FN3OS/c1-20-29(23-6-2-4-8-25(23)31)32-26-9-5-3-7-24(26)30(20)33-27-18-21(22-12-17-36-19-22)10-11-28(27)34-13-15-35-16-14-34/h2-12,17-19H,13-16H2,1H3,(H,32,33). The maximum absolute atomic E-state index is 14.9. The molecule has 3 heterocycles. The number of benzene rings is 3. The molecule has 1 aliphatic heterocycles. The van der Waals surface area contributed by atoms with Gasteiger partial charge in [-0.1, -0.05) is 36.4 Å². The van der Waals surface area contributed by atoms with E-state index in [1.165, 1.54) is 11.6 Å². The van der Waals surface area contributed by atoms with E-state index in [2.05, 4.69) is 51.3 Å². The Morgan fingerprint density at radius 1 is 0.944 bits per heavy atom. The van der Waals surface area contributed by atoms with Gasteiger partial charge in [0.2, 0.25) is 0 Å². The average Bonchev–Trinajstić information content (AvgIpc) is 3.46. The molecule has 0 saturated carbocycles. The molecule has 180 valence electrons. The van der Waals surface area contributed by atoms with Gasteiger partial charge in [0, 0.05) is 24.0 Å². The van der Waals surface area contributed by atoms with Gasteiger partial charge in [0.1, 0.15) is 5.82 Å². The maximum atomic E-state index is 14.9. The van der Waals surface area contributed by atoms with Crippen LogP contribution in [-0.4, -0.2) is 31.3 Å². The summed E-state index contributed by atoms with van der Waals surface area (Å²) >= 11 is 1.69.